The fraction of sp³-hybridized carbons (Fsp3) is 0.417. The van der Waals surface area contributed by atoms with E-state index in [1.807, 2.05) is 29.7 Å². The molecule has 1 aliphatic rings. The Morgan fingerprint density at radius 1 is 1.24 bits per heavy atom. The number of aromatic amines is 1. The molecule has 0 saturated heterocycles. The van der Waals surface area contributed by atoms with Gasteiger partial charge in [-0.3, -0.25) is 9.59 Å². The molecule has 0 bridgehead atoms. The van der Waals surface area contributed by atoms with E-state index in [1.54, 1.807) is 0 Å². The zero-order valence-corrected chi connectivity index (χ0v) is 19.9. The Labute approximate surface area is 197 Å². The van der Waals surface area contributed by atoms with Crippen LogP contribution >= 0.6 is 11.8 Å². The maximum Gasteiger partial charge on any atom is 0.252 e. The Bertz CT molecular complexity index is 1140. The van der Waals surface area contributed by atoms with Crippen LogP contribution in [0.5, 0.6) is 0 Å². The van der Waals surface area contributed by atoms with Crippen LogP contribution in [0.2, 0.25) is 0 Å². The monoisotopic (exact) mass is 466 g/mol. The molecule has 9 heteroatoms. The highest BCUT2D eigenvalue weighted by molar-refractivity contribution is 7.99. The van der Waals surface area contributed by atoms with Crippen molar-refractivity contribution in [2.75, 3.05) is 11.1 Å². The summed E-state index contributed by atoms with van der Waals surface area (Å²) in [6, 6.07) is 10.3. The summed E-state index contributed by atoms with van der Waals surface area (Å²) in [5, 5.41) is 12.2. The first-order valence-corrected chi connectivity index (χ1v) is 12.4. The number of aryl methyl sites for hydroxylation is 2. The second-order valence-electron chi connectivity index (χ2n) is 8.51. The Kier molecular flexibility index (Phi) is 7.17. The SMILES string of the molecule is CCn1c(CCc2ccccc2)nnc1SCC(=O)Nc1[nH]c2c(c1C(N)=O)CCC(C)C2. The molecule has 3 aromatic rings. The summed E-state index contributed by atoms with van der Waals surface area (Å²) >= 11 is 1.34. The van der Waals surface area contributed by atoms with Crippen LogP contribution in [0.25, 0.3) is 0 Å². The Hall–Kier alpha value is -3.07. The van der Waals surface area contributed by atoms with Gasteiger partial charge in [0.15, 0.2) is 5.16 Å². The van der Waals surface area contributed by atoms with Crippen molar-refractivity contribution < 1.29 is 9.59 Å². The van der Waals surface area contributed by atoms with Gasteiger partial charge in [0.25, 0.3) is 5.91 Å². The van der Waals surface area contributed by atoms with E-state index in [0.717, 1.165) is 55.7 Å². The number of carbonyl (C=O) groups is 2. The lowest BCUT2D eigenvalue weighted by atomic mass is 9.87. The molecule has 4 N–H and O–H groups in total. The summed E-state index contributed by atoms with van der Waals surface area (Å²) in [5.41, 5.74) is 9.24. The van der Waals surface area contributed by atoms with Gasteiger partial charge >= 0.3 is 0 Å². The molecule has 0 saturated carbocycles. The number of aromatic nitrogens is 4. The van der Waals surface area contributed by atoms with Gasteiger partial charge in [-0.2, -0.15) is 0 Å². The van der Waals surface area contributed by atoms with Gasteiger partial charge in [-0.1, -0.05) is 49.0 Å². The summed E-state index contributed by atoms with van der Waals surface area (Å²) in [5.74, 6) is 1.28. The van der Waals surface area contributed by atoms with E-state index in [1.165, 1.54) is 17.3 Å². The lowest BCUT2D eigenvalue weighted by molar-refractivity contribution is -0.113. The molecular weight excluding hydrogens is 436 g/mol. The van der Waals surface area contributed by atoms with Crippen molar-refractivity contribution in [3.8, 4) is 0 Å². The molecule has 1 aliphatic carbocycles. The fourth-order valence-electron chi connectivity index (χ4n) is 4.38. The molecule has 2 aromatic heterocycles. The number of benzene rings is 1. The molecule has 2 heterocycles. The van der Waals surface area contributed by atoms with E-state index in [0.29, 0.717) is 22.5 Å². The number of thioether (sulfide) groups is 1. The predicted molar refractivity (Wildman–Crippen MR) is 129 cm³/mol. The third kappa shape index (κ3) is 5.30. The Balaban J connectivity index is 1.39. The highest BCUT2D eigenvalue weighted by Gasteiger charge is 2.27. The number of nitrogens with two attached hydrogens (primary N) is 1. The number of nitrogens with zero attached hydrogens (tertiary/aromatic N) is 3. The Morgan fingerprint density at radius 2 is 2.03 bits per heavy atom. The first-order chi connectivity index (χ1) is 16.0. The maximum absolute atomic E-state index is 12.7. The van der Waals surface area contributed by atoms with Gasteiger partial charge in [0.05, 0.1) is 11.3 Å². The Morgan fingerprint density at radius 3 is 2.76 bits per heavy atom. The molecule has 1 atom stereocenters. The largest absolute Gasteiger partial charge is 0.365 e. The number of rotatable bonds is 9. The van der Waals surface area contributed by atoms with Crippen LogP contribution in [0.1, 0.15) is 53.3 Å². The van der Waals surface area contributed by atoms with E-state index >= 15 is 0 Å². The van der Waals surface area contributed by atoms with Gasteiger partial charge < -0.3 is 20.6 Å². The molecule has 2 amide bonds. The highest BCUT2D eigenvalue weighted by atomic mass is 32.2. The number of primary amides is 1. The highest BCUT2D eigenvalue weighted by Crippen LogP contribution is 2.32. The quantitative estimate of drug-likeness (QED) is 0.418. The zero-order chi connectivity index (χ0) is 23.4. The third-order valence-corrected chi connectivity index (χ3v) is 7.03. The minimum Gasteiger partial charge on any atom is -0.365 e. The lowest BCUT2D eigenvalue weighted by Crippen LogP contribution is -2.20. The standard InChI is InChI=1S/C24H30N6O2S/c1-3-30-19(12-10-16-7-5-4-6-8-16)28-29-24(30)33-14-20(31)27-23-21(22(25)32)17-11-9-15(2)13-18(17)26-23/h4-8,15,26H,3,9-14H2,1-2H3,(H2,25,32)(H,27,31). The van der Waals surface area contributed by atoms with Crippen LogP contribution < -0.4 is 11.1 Å². The summed E-state index contributed by atoms with van der Waals surface area (Å²) in [7, 11) is 0. The van der Waals surface area contributed by atoms with Crippen LogP contribution in [-0.2, 0) is 37.0 Å². The van der Waals surface area contributed by atoms with E-state index in [-0.39, 0.29) is 11.7 Å². The van der Waals surface area contributed by atoms with Crippen molar-refractivity contribution in [2.24, 2.45) is 11.7 Å². The summed E-state index contributed by atoms with van der Waals surface area (Å²) in [6.45, 7) is 4.96. The number of nitrogens with one attached hydrogen (secondary N) is 2. The van der Waals surface area contributed by atoms with Crippen LogP contribution in [0.15, 0.2) is 35.5 Å². The van der Waals surface area contributed by atoms with Gasteiger partial charge in [0, 0.05) is 18.7 Å². The van der Waals surface area contributed by atoms with Gasteiger partial charge in [-0.25, -0.2) is 0 Å². The number of H-pyrrole nitrogens is 1. The molecule has 0 aliphatic heterocycles. The van der Waals surface area contributed by atoms with Crippen LogP contribution in [0.3, 0.4) is 0 Å². The van der Waals surface area contributed by atoms with Gasteiger partial charge in [-0.15, -0.1) is 10.2 Å². The van der Waals surface area contributed by atoms with E-state index < -0.39 is 5.91 Å². The number of amides is 2. The van der Waals surface area contributed by atoms with Gasteiger partial charge in [0.1, 0.15) is 11.6 Å². The average molecular weight is 467 g/mol. The van der Waals surface area contributed by atoms with E-state index in [9.17, 15) is 9.59 Å². The topological polar surface area (TPSA) is 119 Å². The number of anilines is 1. The smallest absolute Gasteiger partial charge is 0.252 e. The molecule has 0 fully saturated rings. The van der Waals surface area contributed by atoms with E-state index in [4.69, 9.17) is 5.73 Å². The average Bonchev–Trinajstić information content (AvgIpc) is 3.36. The van der Waals surface area contributed by atoms with Crippen LogP contribution in [0, 0.1) is 5.92 Å². The zero-order valence-electron chi connectivity index (χ0n) is 19.1. The molecule has 174 valence electrons. The normalized spacial score (nSPS) is 15.3. The molecule has 4 rings (SSSR count). The molecule has 1 unspecified atom stereocenters. The van der Waals surface area contributed by atoms with Crippen molar-refractivity contribution >= 4 is 29.4 Å². The maximum atomic E-state index is 12.7. The molecular formula is C24H30N6O2S. The first kappa shape index (κ1) is 23.1. The van der Waals surface area contributed by atoms with Crippen molar-refractivity contribution in [1.29, 1.82) is 0 Å². The van der Waals surface area contributed by atoms with Crippen molar-refractivity contribution in [2.45, 2.75) is 57.7 Å². The molecule has 33 heavy (non-hydrogen) atoms. The number of hydrogen-bond donors (Lipinski definition) is 3. The van der Waals surface area contributed by atoms with Crippen molar-refractivity contribution in [3.05, 3.63) is 58.5 Å². The molecule has 8 nitrogen and oxygen atoms in total. The second-order valence-corrected chi connectivity index (χ2v) is 9.45. The number of fused-ring (bicyclic) bond motifs is 1. The minimum atomic E-state index is -0.515. The van der Waals surface area contributed by atoms with Crippen molar-refractivity contribution in [3.63, 3.8) is 0 Å². The van der Waals surface area contributed by atoms with E-state index in [2.05, 4.69) is 39.6 Å². The fourth-order valence-corrected chi connectivity index (χ4v) is 5.20. The number of carbonyl (C=O) groups excluding carboxylic acids is 2. The molecule has 1 aromatic carbocycles. The van der Waals surface area contributed by atoms with Gasteiger partial charge in [-0.05, 0) is 49.7 Å². The lowest BCUT2D eigenvalue weighted by Gasteiger charge is -2.18. The molecule has 0 spiro atoms. The van der Waals surface area contributed by atoms with Gasteiger partial charge in [0.2, 0.25) is 5.91 Å². The first-order valence-electron chi connectivity index (χ1n) is 11.4. The third-order valence-electron chi connectivity index (χ3n) is 6.06. The molecule has 0 radical (unpaired) electrons. The van der Waals surface area contributed by atoms with Crippen LogP contribution in [-0.4, -0.2) is 37.3 Å². The summed E-state index contributed by atoms with van der Waals surface area (Å²) < 4.78 is 2.05. The predicted octanol–water partition coefficient (Wildman–Crippen LogP) is 3.37. The summed E-state index contributed by atoms with van der Waals surface area (Å²) in [4.78, 5) is 28.0. The second kappa shape index (κ2) is 10.2. The summed E-state index contributed by atoms with van der Waals surface area (Å²) in [6.07, 6.45) is 4.32. The minimum absolute atomic E-state index is 0.162. The number of hydrogen-bond acceptors (Lipinski definition) is 5. The van der Waals surface area contributed by atoms with Crippen LogP contribution in [0.4, 0.5) is 5.82 Å². The van der Waals surface area contributed by atoms with Crippen molar-refractivity contribution in [1.82, 2.24) is 19.7 Å².